The fraction of sp³-hybridized carbons (Fsp3) is 0.188. The summed E-state index contributed by atoms with van der Waals surface area (Å²) < 4.78 is 5.41. The van der Waals surface area contributed by atoms with Gasteiger partial charge in [-0.25, -0.2) is 0 Å². The van der Waals surface area contributed by atoms with Crippen molar-refractivity contribution in [3.8, 4) is 0 Å². The normalized spacial score (nSPS) is 18.5. The minimum Gasteiger partial charge on any atom is -0.469 e. The summed E-state index contributed by atoms with van der Waals surface area (Å²) in [5, 5.41) is 4.31. The standard InChI is InChI=1S/C16H13Cl2NO2/c17-11-3-4-15(14(18)8-11)19-12-6-10(7-13(20)9-12)16-2-1-5-21-16/h1-5,8-10,19H,6-7H2/t10-/m1/s1. The second-order valence-electron chi connectivity index (χ2n) is 5.01. The zero-order valence-electron chi connectivity index (χ0n) is 11.1. The first-order chi connectivity index (χ1) is 10.1. The Hall–Kier alpha value is -1.71. The fourth-order valence-electron chi connectivity index (χ4n) is 2.47. The minimum atomic E-state index is 0.0612. The van der Waals surface area contributed by atoms with E-state index >= 15 is 0 Å². The molecule has 3 nitrogen and oxygen atoms in total. The van der Waals surface area contributed by atoms with Crippen LogP contribution in [0.4, 0.5) is 5.69 Å². The number of halogens is 2. The number of allylic oxidation sites excluding steroid dienone is 2. The van der Waals surface area contributed by atoms with Gasteiger partial charge in [0.2, 0.25) is 0 Å². The molecule has 1 aromatic carbocycles. The van der Waals surface area contributed by atoms with Crippen molar-refractivity contribution in [3.05, 3.63) is 64.2 Å². The van der Waals surface area contributed by atoms with Crippen LogP contribution in [-0.4, -0.2) is 5.78 Å². The fourth-order valence-corrected chi connectivity index (χ4v) is 2.92. The van der Waals surface area contributed by atoms with Crippen LogP contribution in [0.5, 0.6) is 0 Å². The third-order valence-corrected chi connectivity index (χ3v) is 3.97. The number of benzene rings is 1. The van der Waals surface area contributed by atoms with Gasteiger partial charge in [-0.1, -0.05) is 23.2 Å². The molecule has 2 aromatic rings. The molecular weight excluding hydrogens is 309 g/mol. The number of rotatable bonds is 3. The van der Waals surface area contributed by atoms with Crippen molar-refractivity contribution in [3.63, 3.8) is 0 Å². The molecule has 3 rings (SSSR count). The van der Waals surface area contributed by atoms with Crippen molar-refractivity contribution in [2.24, 2.45) is 0 Å². The Kier molecular flexibility index (Phi) is 4.04. The van der Waals surface area contributed by atoms with Crippen LogP contribution >= 0.6 is 23.2 Å². The Balaban J connectivity index is 1.80. The van der Waals surface area contributed by atoms with Crippen LogP contribution in [0.15, 0.2) is 52.8 Å². The third kappa shape index (κ3) is 3.31. The van der Waals surface area contributed by atoms with Crippen LogP contribution in [0.2, 0.25) is 10.0 Å². The van der Waals surface area contributed by atoms with Crippen LogP contribution in [-0.2, 0) is 4.79 Å². The monoisotopic (exact) mass is 321 g/mol. The molecule has 0 fully saturated rings. The molecule has 1 aliphatic rings. The molecule has 0 bridgehead atoms. The summed E-state index contributed by atoms with van der Waals surface area (Å²) in [6, 6.07) is 8.95. The average Bonchev–Trinajstić information content (AvgIpc) is 2.95. The Morgan fingerprint density at radius 1 is 1.19 bits per heavy atom. The van der Waals surface area contributed by atoms with Crippen molar-refractivity contribution in [2.45, 2.75) is 18.8 Å². The van der Waals surface area contributed by atoms with E-state index in [4.69, 9.17) is 27.6 Å². The Morgan fingerprint density at radius 2 is 2.05 bits per heavy atom. The lowest BCUT2D eigenvalue weighted by molar-refractivity contribution is -0.115. The molecule has 0 radical (unpaired) electrons. The molecule has 0 saturated heterocycles. The summed E-state index contributed by atoms with van der Waals surface area (Å²) in [5.41, 5.74) is 1.57. The van der Waals surface area contributed by atoms with Gasteiger partial charge in [-0.3, -0.25) is 4.79 Å². The number of furan rings is 1. The summed E-state index contributed by atoms with van der Waals surface area (Å²) >= 11 is 12.0. The number of nitrogens with one attached hydrogen (secondary N) is 1. The molecule has 0 unspecified atom stereocenters. The first-order valence-electron chi connectivity index (χ1n) is 6.60. The van der Waals surface area contributed by atoms with Gasteiger partial charge in [-0.05, 0) is 36.8 Å². The van der Waals surface area contributed by atoms with Crippen molar-refractivity contribution >= 4 is 34.7 Å². The maximum atomic E-state index is 11.9. The van der Waals surface area contributed by atoms with Crippen LogP contribution in [0.25, 0.3) is 0 Å². The van der Waals surface area contributed by atoms with Gasteiger partial charge in [0.1, 0.15) is 5.76 Å². The highest BCUT2D eigenvalue weighted by Gasteiger charge is 2.24. The summed E-state index contributed by atoms with van der Waals surface area (Å²) in [7, 11) is 0. The van der Waals surface area contributed by atoms with Crippen molar-refractivity contribution in [1.82, 2.24) is 0 Å². The molecule has 21 heavy (non-hydrogen) atoms. The number of carbonyl (C=O) groups is 1. The van der Waals surface area contributed by atoms with Crippen LogP contribution in [0.1, 0.15) is 24.5 Å². The predicted octanol–water partition coefficient (Wildman–Crippen LogP) is 5.03. The second kappa shape index (κ2) is 5.96. The molecule has 5 heteroatoms. The molecule has 0 aliphatic heterocycles. The van der Waals surface area contributed by atoms with E-state index in [0.717, 1.165) is 17.1 Å². The third-order valence-electron chi connectivity index (χ3n) is 3.42. The summed E-state index contributed by atoms with van der Waals surface area (Å²) in [6.45, 7) is 0. The smallest absolute Gasteiger partial charge is 0.158 e. The van der Waals surface area contributed by atoms with Gasteiger partial charge >= 0.3 is 0 Å². The lowest BCUT2D eigenvalue weighted by Gasteiger charge is -2.22. The second-order valence-corrected chi connectivity index (χ2v) is 5.85. The first kappa shape index (κ1) is 14.2. The molecule has 1 aromatic heterocycles. The maximum Gasteiger partial charge on any atom is 0.158 e. The number of hydrogen-bond donors (Lipinski definition) is 1. The molecule has 1 aliphatic carbocycles. The minimum absolute atomic E-state index is 0.0612. The van der Waals surface area contributed by atoms with E-state index in [1.165, 1.54) is 0 Å². The predicted molar refractivity (Wildman–Crippen MR) is 83.9 cm³/mol. The van der Waals surface area contributed by atoms with Gasteiger partial charge in [0, 0.05) is 29.1 Å². The van der Waals surface area contributed by atoms with E-state index in [9.17, 15) is 4.79 Å². The Morgan fingerprint density at radius 3 is 2.76 bits per heavy atom. The Labute approximate surface area is 132 Å². The molecule has 0 saturated carbocycles. The lowest BCUT2D eigenvalue weighted by atomic mass is 9.89. The zero-order chi connectivity index (χ0) is 14.8. The van der Waals surface area contributed by atoms with Crippen molar-refractivity contribution in [1.29, 1.82) is 0 Å². The number of carbonyl (C=O) groups excluding carboxylic acids is 1. The average molecular weight is 322 g/mol. The largest absolute Gasteiger partial charge is 0.469 e. The van der Waals surface area contributed by atoms with E-state index < -0.39 is 0 Å². The summed E-state index contributed by atoms with van der Waals surface area (Å²) in [4.78, 5) is 11.9. The van der Waals surface area contributed by atoms with E-state index in [0.29, 0.717) is 22.9 Å². The molecule has 1 heterocycles. The highest BCUT2D eigenvalue weighted by atomic mass is 35.5. The highest BCUT2D eigenvalue weighted by Crippen LogP contribution is 2.34. The number of ketones is 1. The molecule has 108 valence electrons. The van der Waals surface area contributed by atoms with Crippen LogP contribution < -0.4 is 5.32 Å². The zero-order valence-corrected chi connectivity index (χ0v) is 12.6. The van der Waals surface area contributed by atoms with Gasteiger partial charge < -0.3 is 9.73 Å². The molecule has 1 N–H and O–H groups in total. The SMILES string of the molecule is O=C1C=C(Nc2ccc(Cl)cc2Cl)C[C@@H](c2ccco2)C1. The number of hydrogen-bond acceptors (Lipinski definition) is 3. The van der Waals surface area contributed by atoms with E-state index in [2.05, 4.69) is 5.32 Å². The highest BCUT2D eigenvalue weighted by molar-refractivity contribution is 6.36. The molecule has 0 spiro atoms. The van der Waals surface area contributed by atoms with Crippen molar-refractivity contribution < 1.29 is 9.21 Å². The van der Waals surface area contributed by atoms with Gasteiger partial charge in [0.05, 0.1) is 17.0 Å². The van der Waals surface area contributed by atoms with Gasteiger partial charge in [0.15, 0.2) is 5.78 Å². The topological polar surface area (TPSA) is 42.2 Å². The summed E-state index contributed by atoms with van der Waals surface area (Å²) in [6.07, 6.45) is 4.43. The lowest BCUT2D eigenvalue weighted by Crippen LogP contribution is -2.16. The van der Waals surface area contributed by atoms with E-state index in [1.54, 1.807) is 30.5 Å². The Bertz CT molecular complexity index is 692. The van der Waals surface area contributed by atoms with Gasteiger partial charge in [0.25, 0.3) is 0 Å². The molecular formula is C16H13Cl2NO2. The van der Waals surface area contributed by atoms with Crippen molar-refractivity contribution in [2.75, 3.05) is 5.32 Å². The quantitative estimate of drug-likeness (QED) is 0.862. The van der Waals surface area contributed by atoms with E-state index in [-0.39, 0.29) is 11.7 Å². The summed E-state index contributed by atoms with van der Waals surface area (Å²) in [5.74, 6) is 0.972. The molecule has 1 atom stereocenters. The maximum absolute atomic E-state index is 11.9. The number of anilines is 1. The molecule has 0 amide bonds. The van der Waals surface area contributed by atoms with Gasteiger partial charge in [-0.2, -0.15) is 0 Å². The van der Waals surface area contributed by atoms with E-state index in [1.807, 2.05) is 12.1 Å². The first-order valence-corrected chi connectivity index (χ1v) is 7.36. The van der Waals surface area contributed by atoms with Gasteiger partial charge in [-0.15, -0.1) is 0 Å². The van der Waals surface area contributed by atoms with Crippen LogP contribution in [0, 0.1) is 0 Å². The van der Waals surface area contributed by atoms with Crippen LogP contribution in [0.3, 0.4) is 0 Å².